The molecule has 0 bridgehead atoms. The van der Waals surface area contributed by atoms with E-state index < -0.39 is 0 Å². The lowest BCUT2D eigenvalue weighted by atomic mass is 9.87. The van der Waals surface area contributed by atoms with Crippen LogP contribution in [0.15, 0.2) is 0 Å². The molecule has 3 nitrogen and oxygen atoms in total. The zero-order valence-electron chi connectivity index (χ0n) is 11.8. The number of hydrogen-bond donors (Lipinski definition) is 1. The zero-order chi connectivity index (χ0) is 12.8. The zero-order valence-corrected chi connectivity index (χ0v) is 11.8. The van der Waals surface area contributed by atoms with Gasteiger partial charge in [0.2, 0.25) is 5.91 Å². The van der Waals surface area contributed by atoms with E-state index in [0.717, 1.165) is 25.6 Å². The minimum absolute atomic E-state index is 0.353. The van der Waals surface area contributed by atoms with Gasteiger partial charge in [-0.2, -0.15) is 0 Å². The van der Waals surface area contributed by atoms with Crippen LogP contribution in [-0.2, 0) is 4.79 Å². The predicted octanol–water partition coefficient (Wildman–Crippen LogP) is 2.56. The molecular weight excluding hydrogens is 224 g/mol. The van der Waals surface area contributed by atoms with Crippen LogP contribution in [0.1, 0.15) is 58.3 Å². The molecular formula is C15H28N2O. The van der Waals surface area contributed by atoms with Gasteiger partial charge in [-0.3, -0.25) is 4.79 Å². The lowest BCUT2D eigenvalue weighted by Crippen LogP contribution is -2.39. The Hall–Kier alpha value is -0.570. The molecule has 2 fully saturated rings. The molecule has 1 saturated heterocycles. The SMILES string of the molecule is CC1CCCC(NCCC(=O)N2CCCCC2)C1. The third kappa shape index (κ3) is 4.27. The van der Waals surface area contributed by atoms with Gasteiger partial charge in [0, 0.05) is 32.1 Å². The van der Waals surface area contributed by atoms with Crippen LogP contribution in [0.2, 0.25) is 0 Å². The maximum absolute atomic E-state index is 12.0. The normalized spacial score (nSPS) is 29.3. The summed E-state index contributed by atoms with van der Waals surface area (Å²) >= 11 is 0. The quantitative estimate of drug-likeness (QED) is 0.834. The average molecular weight is 252 g/mol. The van der Waals surface area contributed by atoms with Crippen molar-refractivity contribution in [1.82, 2.24) is 10.2 Å². The van der Waals surface area contributed by atoms with E-state index in [-0.39, 0.29) is 0 Å². The van der Waals surface area contributed by atoms with Crippen LogP contribution in [0, 0.1) is 5.92 Å². The Labute approximate surface area is 111 Å². The fourth-order valence-corrected chi connectivity index (χ4v) is 3.30. The van der Waals surface area contributed by atoms with Crippen molar-refractivity contribution in [2.75, 3.05) is 19.6 Å². The summed E-state index contributed by atoms with van der Waals surface area (Å²) in [5, 5.41) is 3.57. The molecule has 1 aliphatic carbocycles. The first kappa shape index (κ1) is 13.9. The second-order valence-electron chi connectivity index (χ2n) is 6.11. The number of nitrogens with one attached hydrogen (secondary N) is 1. The van der Waals surface area contributed by atoms with Crippen molar-refractivity contribution < 1.29 is 4.79 Å². The van der Waals surface area contributed by atoms with Crippen molar-refractivity contribution in [3.05, 3.63) is 0 Å². The summed E-state index contributed by atoms with van der Waals surface area (Å²) in [6.45, 7) is 5.18. The summed E-state index contributed by atoms with van der Waals surface area (Å²) in [4.78, 5) is 14.0. The minimum atomic E-state index is 0.353. The van der Waals surface area contributed by atoms with Gasteiger partial charge in [-0.25, -0.2) is 0 Å². The smallest absolute Gasteiger partial charge is 0.223 e. The lowest BCUT2D eigenvalue weighted by Gasteiger charge is -2.29. The van der Waals surface area contributed by atoms with E-state index >= 15 is 0 Å². The van der Waals surface area contributed by atoms with Crippen molar-refractivity contribution >= 4 is 5.91 Å². The van der Waals surface area contributed by atoms with Crippen molar-refractivity contribution in [3.8, 4) is 0 Å². The van der Waals surface area contributed by atoms with E-state index in [1.807, 2.05) is 0 Å². The van der Waals surface area contributed by atoms with Gasteiger partial charge < -0.3 is 10.2 Å². The Bertz CT molecular complexity index is 261. The number of likely N-dealkylation sites (tertiary alicyclic amines) is 1. The third-order valence-corrected chi connectivity index (χ3v) is 4.42. The van der Waals surface area contributed by atoms with Crippen LogP contribution >= 0.6 is 0 Å². The second kappa shape index (κ2) is 7.13. The molecule has 18 heavy (non-hydrogen) atoms. The Morgan fingerprint density at radius 2 is 1.94 bits per heavy atom. The minimum Gasteiger partial charge on any atom is -0.343 e. The van der Waals surface area contributed by atoms with E-state index in [1.54, 1.807) is 0 Å². The molecule has 1 saturated carbocycles. The maximum Gasteiger partial charge on any atom is 0.223 e. The van der Waals surface area contributed by atoms with Crippen LogP contribution in [0.3, 0.4) is 0 Å². The molecule has 2 atom stereocenters. The van der Waals surface area contributed by atoms with Crippen LogP contribution in [0.4, 0.5) is 0 Å². The first-order chi connectivity index (χ1) is 8.75. The average Bonchev–Trinajstić information content (AvgIpc) is 2.40. The highest BCUT2D eigenvalue weighted by atomic mass is 16.2. The number of amides is 1. The molecule has 1 N–H and O–H groups in total. The summed E-state index contributed by atoms with van der Waals surface area (Å²) in [5.41, 5.74) is 0. The molecule has 2 unspecified atom stereocenters. The Morgan fingerprint density at radius 1 is 1.17 bits per heavy atom. The van der Waals surface area contributed by atoms with E-state index in [0.29, 0.717) is 18.4 Å². The van der Waals surface area contributed by atoms with Crippen LogP contribution in [0.25, 0.3) is 0 Å². The first-order valence-electron chi connectivity index (χ1n) is 7.77. The summed E-state index contributed by atoms with van der Waals surface area (Å²) in [6.07, 6.45) is 9.68. The molecule has 3 heteroatoms. The number of rotatable bonds is 4. The van der Waals surface area contributed by atoms with E-state index in [2.05, 4.69) is 17.1 Å². The third-order valence-electron chi connectivity index (χ3n) is 4.42. The van der Waals surface area contributed by atoms with Crippen molar-refractivity contribution in [3.63, 3.8) is 0 Å². The van der Waals surface area contributed by atoms with Gasteiger partial charge in [-0.05, 0) is 38.0 Å². The molecule has 0 aromatic heterocycles. The van der Waals surface area contributed by atoms with Gasteiger partial charge in [0.15, 0.2) is 0 Å². The highest BCUT2D eigenvalue weighted by Crippen LogP contribution is 2.23. The van der Waals surface area contributed by atoms with Crippen LogP contribution in [0.5, 0.6) is 0 Å². The summed E-state index contributed by atoms with van der Waals surface area (Å²) in [7, 11) is 0. The molecule has 1 aliphatic heterocycles. The van der Waals surface area contributed by atoms with Crippen molar-refractivity contribution in [2.45, 2.75) is 64.3 Å². The lowest BCUT2D eigenvalue weighted by molar-refractivity contribution is -0.132. The number of carbonyl (C=O) groups is 1. The van der Waals surface area contributed by atoms with Gasteiger partial charge in [0.1, 0.15) is 0 Å². The fraction of sp³-hybridized carbons (Fsp3) is 0.933. The first-order valence-corrected chi connectivity index (χ1v) is 7.77. The largest absolute Gasteiger partial charge is 0.343 e. The van der Waals surface area contributed by atoms with Gasteiger partial charge >= 0.3 is 0 Å². The van der Waals surface area contributed by atoms with Crippen molar-refractivity contribution in [2.24, 2.45) is 5.92 Å². The fourth-order valence-electron chi connectivity index (χ4n) is 3.30. The van der Waals surface area contributed by atoms with Crippen molar-refractivity contribution in [1.29, 1.82) is 0 Å². The van der Waals surface area contributed by atoms with E-state index in [1.165, 1.54) is 44.9 Å². The molecule has 1 amide bonds. The molecule has 104 valence electrons. The molecule has 2 rings (SSSR count). The number of piperidine rings is 1. The summed E-state index contributed by atoms with van der Waals surface area (Å²) in [5.74, 6) is 1.21. The van der Waals surface area contributed by atoms with Crippen LogP contribution in [-0.4, -0.2) is 36.5 Å². The molecule has 0 aromatic rings. The Kier molecular flexibility index (Phi) is 5.48. The Morgan fingerprint density at radius 3 is 2.67 bits per heavy atom. The molecule has 0 radical (unpaired) electrons. The van der Waals surface area contributed by atoms with Gasteiger partial charge in [0.05, 0.1) is 0 Å². The molecule has 1 heterocycles. The number of nitrogens with zero attached hydrogens (tertiary/aromatic N) is 1. The highest BCUT2D eigenvalue weighted by Gasteiger charge is 2.19. The number of hydrogen-bond acceptors (Lipinski definition) is 2. The summed E-state index contributed by atoms with van der Waals surface area (Å²) in [6, 6.07) is 0.655. The molecule has 2 aliphatic rings. The topological polar surface area (TPSA) is 32.3 Å². The van der Waals surface area contributed by atoms with Gasteiger partial charge in [-0.15, -0.1) is 0 Å². The molecule has 0 spiro atoms. The van der Waals surface area contributed by atoms with Gasteiger partial charge in [0.25, 0.3) is 0 Å². The van der Waals surface area contributed by atoms with Crippen LogP contribution < -0.4 is 5.32 Å². The second-order valence-corrected chi connectivity index (χ2v) is 6.11. The summed E-state index contributed by atoms with van der Waals surface area (Å²) < 4.78 is 0. The Balaban J connectivity index is 1.60. The van der Waals surface area contributed by atoms with E-state index in [4.69, 9.17) is 0 Å². The highest BCUT2D eigenvalue weighted by molar-refractivity contribution is 5.76. The monoisotopic (exact) mass is 252 g/mol. The van der Waals surface area contributed by atoms with E-state index in [9.17, 15) is 4.79 Å². The standard InChI is InChI=1S/C15H28N2O/c1-13-6-5-7-14(12-13)16-9-8-15(18)17-10-3-2-4-11-17/h13-14,16H,2-12H2,1H3. The predicted molar refractivity (Wildman–Crippen MR) is 74.5 cm³/mol. The van der Waals surface area contributed by atoms with Gasteiger partial charge in [-0.1, -0.05) is 19.8 Å². The maximum atomic E-state index is 12.0. The number of carbonyl (C=O) groups excluding carboxylic acids is 1. The molecule has 0 aromatic carbocycles.